The van der Waals surface area contributed by atoms with Crippen molar-refractivity contribution in [1.82, 2.24) is 0 Å². The number of hydrogen-bond donors (Lipinski definition) is 0. The van der Waals surface area contributed by atoms with Crippen LogP contribution in [0.1, 0.15) is 13.8 Å². The molecule has 0 unspecified atom stereocenters. The molecule has 0 fully saturated rings. The van der Waals surface area contributed by atoms with Crippen LogP contribution in [0.4, 0.5) is 0 Å². The molecule has 2 heterocycles. The van der Waals surface area contributed by atoms with Gasteiger partial charge in [-0.15, -0.1) is 0 Å². The van der Waals surface area contributed by atoms with Gasteiger partial charge in [0.1, 0.15) is 28.9 Å². The van der Waals surface area contributed by atoms with E-state index in [4.69, 9.17) is 13.6 Å². The molecule has 0 bridgehead atoms. The van der Waals surface area contributed by atoms with Gasteiger partial charge in [-0.2, -0.15) is 0 Å². The van der Waals surface area contributed by atoms with E-state index in [0.29, 0.717) is 28.0 Å². The van der Waals surface area contributed by atoms with E-state index >= 15 is 0 Å². The van der Waals surface area contributed by atoms with Gasteiger partial charge in [-0.1, -0.05) is 0 Å². The van der Waals surface area contributed by atoms with E-state index in [1.54, 1.807) is 30.3 Å². The summed E-state index contributed by atoms with van der Waals surface area (Å²) in [7, 11) is 0. The molecule has 0 N–H and O–H groups in total. The van der Waals surface area contributed by atoms with E-state index in [1.165, 1.54) is 12.5 Å². The highest BCUT2D eigenvalue weighted by molar-refractivity contribution is 5.81. The van der Waals surface area contributed by atoms with Crippen molar-refractivity contribution >= 4 is 11.0 Å². The number of rotatable bonds is 3. The third kappa shape index (κ3) is 2.20. The summed E-state index contributed by atoms with van der Waals surface area (Å²) in [4.78, 5) is 12.4. The zero-order valence-corrected chi connectivity index (χ0v) is 11.3. The van der Waals surface area contributed by atoms with Crippen LogP contribution in [0.25, 0.3) is 22.3 Å². The summed E-state index contributed by atoms with van der Waals surface area (Å²) in [5.74, 6) is 1.18. The maximum atomic E-state index is 12.4. The summed E-state index contributed by atoms with van der Waals surface area (Å²) in [5, 5.41) is 0.509. The normalized spacial score (nSPS) is 11.2. The van der Waals surface area contributed by atoms with Crippen LogP contribution in [0.15, 0.2) is 56.5 Å². The molecule has 0 radical (unpaired) electrons. The minimum Gasteiger partial charge on any atom is -0.491 e. The minimum absolute atomic E-state index is 0.0709. The summed E-state index contributed by atoms with van der Waals surface area (Å²) < 4.78 is 16.4. The average Bonchev–Trinajstić information content (AvgIpc) is 2.92. The van der Waals surface area contributed by atoms with Crippen LogP contribution in [-0.4, -0.2) is 6.10 Å². The second-order valence-electron chi connectivity index (χ2n) is 4.78. The predicted molar refractivity (Wildman–Crippen MR) is 76.0 cm³/mol. The first-order chi connectivity index (χ1) is 9.65. The molecule has 0 amide bonds. The summed E-state index contributed by atoms with van der Waals surface area (Å²) in [5.41, 5.74) is 0.806. The van der Waals surface area contributed by atoms with Crippen molar-refractivity contribution < 1.29 is 13.6 Å². The summed E-state index contributed by atoms with van der Waals surface area (Å²) in [6.07, 6.45) is 3.02. The van der Waals surface area contributed by atoms with E-state index in [0.717, 1.165) is 0 Å². The zero-order chi connectivity index (χ0) is 14.1. The van der Waals surface area contributed by atoms with Crippen molar-refractivity contribution in [3.05, 3.63) is 53.1 Å². The van der Waals surface area contributed by atoms with Gasteiger partial charge >= 0.3 is 0 Å². The first-order valence-corrected chi connectivity index (χ1v) is 6.41. The second-order valence-corrected chi connectivity index (χ2v) is 4.78. The van der Waals surface area contributed by atoms with E-state index in [-0.39, 0.29) is 11.5 Å². The molecule has 0 aliphatic carbocycles. The molecule has 0 saturated carbocycles. The molecule has 0 spiro atoms. The third-order valence-corrected chi connectivity index (χ3v) is 2.90. The highest BCUT2D eigenvalue weighted by Gasteiger charge is 2.12. The summed E-state index contributed by atoms with van der Waals surface area (Å²) >= 11 is 0. The van der Waals surface area contributed by atoms with Crippen molar-refractivity contribution in [2.75, 3.05) is 0 Å². The second kappa shape index (κ2) is 4.89. The lowest BCUT2D eigenvalue weighted by Gasteiger charge is -2.09. The van der Waals surface area contributed by atoms with E-state index < -0.39 is 0 Å². The number of benzene rings is 1. The molecule has 2 aromatic heterocycles. The van der Waals surface area contributed by atoms with Crippen LogP contribution in [-0.2, 0) is 0 Å². The molecule has 20 heavy (non-hydrogen) atoms. The summed E-state index contributed by atoms with van der Waals surface area (Å²) in [6, 6.07) is 8.67. The van der Waals surface area contributed by atoms with Crippen LogP contribution >= 0.6 is 0 Å². The van der Waals surface area contributed by atoms with E-state index in [9.17, 15) is 4.79 Å². The number of hydrogen-bond acceptors (Lipinski definition) is 4. The first kappa shape index (κ1) is 12.5. The fraction of sp³-hybridized carbons (Fsp3) is 0.188. The topological polar surface area (TPSA) is 52.6 Å². The number of ether oxygens (including phenoxy) is 1. The molecule has 0 aliphatic rings. The molecule has 3 aromatic rings. The highest BCUT2D eigenvalue weighted by Crippen LogP contribution is 2.23. The summed E-state index contributed by atoms with van der Waals surface area (Å²) in [6.45, 7) is 3.89. The zero-order valence-electron chi connectivity index (χ0n) is 11.3. The standard InChI is InChI=1S/C16H14O4/c1-10(2)20-11-5-6-12-15(8-11)19-9-13(16(12)17)14-4-3-7-18-14/h3-10H,1-2H3. The van der Waals surface area contributed by atoms with Gasteiger partial charge in [-0.25, -0.2) is 0 Å². The molecule has 3 rings (SSSR count). The van der Waals surface area contributed by atoms with Gasteiger partial charge in [-0.3, -0.25) is 4.79 Å². The van der Waals surface area contributed by atoms with Crippen LogP contribution in [0.3, 0.4) is 0 Å². The van der Waals surface area contributed by atoms with E-state index in [2.05, 4.69) is 0 Å². The Bertz CT molecular complexity index is 782. The van der Waals surface area contributed by atoms with Crippen LogP contribution in [0.2, 0.25) is 0 Å². The maximum Gasteiger partial charge on any atom is 0.203 e. The van der Waals surface area contributed by atoms with Crippen molar-refractivity contribution in [2.24, 2.45) is 0 Å². The Labute approximate surface area is 115 Å². The van der Waals surface area contributed by atoms with Crippen LogP contribution < -0.4 is 10.2 Å². The van der Waals surface area contributed by atoms with Crippen molar-refractivity contribution in [1.29, 1.82) is 0 Å². The monoisotopic (exact) mass is 270 g/mol. The molecule has 4 nitrogen and oxygen atoms in total. The molecule has 0 aliphatic heterocycles. The van der Waals surface area contributed by atoms with Crippen LogP contribution in [0.5, 0.6) is 5.75 Å². The van der Waals surface area contributed by atoms with Crippen molar-refractivity contribution in [2.45, 2.75) is 20.0 Å². The Morgan fingerprint density at radius 1 is 1.15 bits per heavy atom. The lowest BCUT2D eigenvalue weighted by atomic mass is 10.1. The molecule has 0 saturated heterocycles. The Balaban J connectivity index is 2.13. The Morgan fingerprint density at radius 3 is 2.70 bits per heavy atom. The minimum atomic E-state index is -0.114. The SMILES string of the molecule is CC(C)Oc1ccc2c(=O)c(-c3ccco3)coc2c1. The van der Waals surface area contributed by atoms with Gasteiger partial charge in [0.15, 0.2) is 0 Å². The molecular weight excluding hydrogens is 256 g/mol. The quantitative estimate of drug-likeness (QED) is 0.725. The Kier molecular flexibility index (Phi) is 3.06. The fourth-order valence-electron chi connectivity index (χ4n) is 2.06. The lowest BCUT2D eigenvalue weighted by molar-refractivity contribution is 0.242. The lowest BCUT2D eigenvalue weighted by Crippen LogP contribution is -2.07. The van der Waals surface area contributed by atoms with Gasteiger partial charge in [0.2, 0.25) is 5.43 Å². The maximum absolute atomic E-state index is 12.4. The fourth-order valence-corrected chi connectivity index (χ4v) is 2.06. The van der Waals surface area contributed by atoms with Crippen molar-refractivity contribution in [3.8, 4) is 17.1 Å². The first-order valence-electron chi connectivity index (χ1n) is 6.41. The molecular formula is C16H14O4. The van der Waals surface area contributed by atoms with Gasteiger partial charge in [0.25, 0.3) is 0 Å². The van der Waals surface area contributed by atoms with Crippen LogP contribution in [0, 0.1) is 0 Å². The molecule has 102 valence electrons. The molecule has 1 aromatic carbocycles. The third-order valence-electron chi connectivity index (χ3n) is 2.90. The Hall–Kier alpha value is -2.49. The average molecular weight is 270 g/mol. The largest absolute Gasteiger partial charge is 0.491 e. The predicted octanol–water partition coefficient (Wildman–Crippen LogP) is 3.84. The number of fused-ring (bicyclic) bond motifs is 1. The molecule has 4 heteroatoms. The van der Waals surface area contributed by atoms with Gasteiger partial charge in [0.05, 0.1) is 17.8 Å². The van der Waals surface area contributed by atoms with Gasteiger partial charge in [-0.05, 0) is 38.1 Å². The molecule has 0 atom stereocenters. The Morgan fingerprint density at radius 2 is 2.00 bits per heavy atom. The highest BCUT2D eigenvalue weighted by atomic mass is 16.5. The van der Waals surface area contributed by atoms with E-state index in [1.807, 2.05) is 13.8 Å². The smallest absolute Gasteiger partial charge is 0.203 e. The number of furan rings is 1. The van der Waals surface area contributed by atoms with Gasteiger partial charge in [0, 0.05) is 6.07 Å². The van der Waals surface area contributed by atoms with Crippen molar-refractivity contribution in [3.63, 3.8) is 0 Å². The van der Waals surface area contributed by atoms with Gasteiger partial charge < -0.3 is 13.6 Å².